The van der Waals surface area contributed by atoms with Gasteiger partial charge in [-0.3, -0.25) is 4.57 Å². The van der Waals surface area contributed by atoms with Crippen LogP contribution in [0.2, 0.25) is 0 Å². The van der Waals surface area contributed by atoms with Crippen LogP contribution in [0.3, 0.4) is 0 Å². The highest BCUT2D eigenvalue weighted by molar-refractivity contribution is 7.74. The number of hydrogen-bond donors (Lipinski definition) is 3. The molecule has 4 rings (SSSR count). The normalized spacial score (nSPS) is 15.0. The first-order valence-electron chi connectivity index (χ1n) is 10.5. The van der Waals surface area contributed by atoms with Crippen LogP contribution in [0.5, 0.6) is 5.75 Å². The zero-order valence-electron chi connectivity index (χ0n) is 18.0. The number of benzene rings is 2. The van der Waals surface area contributed by atoms with Crippen molar-refractivity contribution in [2.24, 2.45) is 0 Å². The summed E-state index contributed by atoms with van der Waals surface area (Å²) < 4.78 is 42.0. The van der Waals surface area contributed by atoms with Gasteiger partial charge >= 0.3 is 7.60 Å². The zero-order valence-corrected chi connectivity index (χ0v) is 20.6. The third-order valence-corrected chi connectivity index (χ3v) is 8.41. The fourth-order valence-corrected chi connectivity index (χ4v) is 6.18. The molecule has 176 valence electrons. The lowest BCUT2D eigenvalue weighted by Crippen LogP contribution is -2.17. The molecular weight excluding hydrogens is 483 g/mol. The van der Waals surface area contributed by atoms with E-state index in [0.29, 0.717) is 10.9 Å². The monoisotopic (exact) mass is 508 g/mol. The van der Waals surface area contributed by atoms with Crippen LogP contribution in [0.4, 0.5) is 11.5 Å². The van der Waals surface area contributed by atoms with Crippen LogP contribution in [0.15, 0.2) is 47.8 Å². The molecule has 0 saturated heterocycles. The van der Waals surface area contributed by atoms with Gasteiger partial charge in [0.05, 0.1) is 12.4 Å². The van der Waals surface area contributed by atoms with Gasteiger partial charge in [-0.05, 0) is 42.5 Å². The molecule has 2 N–H and O–H groups in total. The van der Waals surface area contributed by atoms with Crippen molar-refractivity contribution in [2.45, 2.75) is 38.0 Å². The molecule has 0 bridgehead atoms. The average molecular weight is 509 g/mol. The number of rotatable bonds is 7. The van der Waals surface area contributed by atoms with Gasteiger partial charge in [-0.25, -0.2) is 17.7 Å². The standard InChI is InChI=1S/C22H25N2O6PS2/c1-30-20-13-18(31(25,26)27)11-12-19(20)24(33(28)29)21-14-32-22(23-21)17-9-7-16(8-10-17)15-5-3-2-4-6-15/h7-15,33H,2-6H2,1H3,(H2,25,26,27). The van der Waals surface area contributed by atoms with Crippen molar-refractivity contribution in [3.05, 3.63) is 53.4 Å². The van der Waals surface area contributed by atoms with E-state index in [-0.39, 0.29) is 22.6 Å². The molecule has 0 unspecified atom stereocenters. The van der Waals surface area contributed by atoms with Gasteiger partial charge in [-0.2, -0.15) is 0 Å². The molecule has 0 atom stereocenters. The molecular formula is C22H25N2O6PS2. The van der Waals surface area contributed by atoms with Crippen LogP contribution in [0.1, 0.15) is 43.6 Å². The molecule has 1 saturated carbocycles. The Bertz CT molecular complexity index is 1240. The summed E-state index contributed by atoms with van der Waals surface area (Å²) in [6.45, 7) is 0. The van der Waals surface area contributed by atoms with E-state index < -0.39 is 18.5 Å². The van der Waals surface area contributed by atoms with Crippen molar-refractivity contribution in [3.63, 3.8) is 0 Å². The van der Waals surface area contributed by atoms with Crippen LogP contribution < -0.4 is 14.3 Å². The van der Waals surface area contributed by atoms with Gasteiger partial charge < -0.3 is 14.5 Å². The van der Waals surface area contributed by atoms with Crippen LogP contribution >= 0.6 is 18.9 Å². The second-order valence-electron chi connectivity index (χ2n) is 7.92. The van der Waals surface area contributed by atoms with Gasteiger partial charge in [0, 0.05) is 10.9 Å². The molecule has 33 heavy (non-hydrogen) atoms. The predicted octanol–water partition coefficient (Wildman–Crippen LogP) is 4.33. The van der Waals surface area contributed by atoms with Crippen molar-refractivity contribution in [1.29, 1.82) is 0 Å². The van der Waals surface area contributed by atoms with E-state index in [4.69, 9.17) is 4.74 Å². The van der Waals surface area contributed by atoms with Crippen molar-refractivity contribution in [1.82, 2.24) is 4.98 Å². The van der Waals surface area contributed by atoms with E-state index in [0.717, 1.165) is 15.9 Å². The van der Waals surface area contributed by atoms with E-state index >= 15 is 0 Å². The molecule has 0 radical (unpaired) electrons. The summed E-state index contributed by atoms with van der Waals surface area (Å²) in [7, 11) is -6.36. The largest absolute Gasteiger partial charge is 0.495 e. The highest BCUT2D eigenvalue weighted by atomic mass is 32.2. The minimum absolute atomic E-state index is 0.0152. The summed E-state index contributed by atoms with van der Waals surface area (Å²) >= 11 is 1.32. The van der Waals surface area contributed by atoms with E-state index in [1.165, 1.54) is 68.2 Å². The maximum atomic E-state index is 12.1. The second kappa shape index (κ2) is 9.95. The molecule has 0 amide bonds. The fraction of sp³-hybridized carbons (Fsp3) is 0.318. The van der Waals surface area contributed by atoms with Gasteiger partial charge in [0.15, 0.2) is 5.82 Å². The van der Waals surface area contributed by atoms with Crippen molar-refractivity contribution < 1.29 is 27.5 Å². The topological polar surface area (TPSA) is 117 Å². The Balaban J connectivity index is 1.64. The first kappa shape index (κ1) is 23.9. The Labute approximate surface area is 198 Å². The lowest BCUT2D eigenvalue weighted by Gasteiger charge is -2.22. The van der Waals surface area contributed by atoms with E-state index in [2.05, 4.69) is 17.1 Å². The summed E-state index contributed by atoms with van der Waals surface area (Å²) in [6.07, 6.45) is 6.28. The van der Waals surface area contributed by atoms with Gasteiger partial charge in [0.25, 0.3) is 0 Å². The quantitative estimate of drug-likeness (QED) is 0.321. The van der Waals surface area contributed by atoms with E-state index in [1.54, 1.807) is 5.38 Å². The lowest BCUT2D eigenvalue weighted by atomic mass is 9.84. The Hall–Kier alpha value is -2.23. The van der Waals surface area contributed by atoms with Crippen LogP contribution in [-0.4, -0.2) is 30.3 Å². The minimum atomic E-state index is -4.52. The number of anilines is 2. The summed E-state index contributed by atoms with van der Waals surface area (Å²) in [5, 5.41) is 2.04. The number of ether oxygens (including phenoxy) is 1. The fourth-order valence-electron chi connectivity index (χ4n) is 4.15. The molecule has 8 nitrogen and oxygen atoms in total. The molecule has 11 heteroatoms. The number of thiazole rings is 1. The summed E-state index contributed by atoms with van der Waals surface area (Å²) in [4.78, 5) is 23.3. The number of methoxy groups -OCH3 is 1. The highest BCUT2D eigenvalue weighted by Crippen LogP contribution is 2.40. The van der Waals surface area contributed by atoms with Gasteiger partial charge in [-0.1, -0.05) is 43.5 Å². The molecule has 2 aromatic carbocycles. The third-order valence-electron chi connectivity index (χ3n) is 5.83. The Kier molecular flexibility index (Phi) is 7.21. The van der Waals surface area contributed by atoms with Gasteiger partial charge in [0.1, 0.15) is 16.4 Å². The maximum absolute atomic E-state index is 12.1. The number of nitrogens with zero attached hydrogens (tertiary/aromatic N) is 2. The molecule has 0 aliphatic heterocycles. The summed E-state index contributed by atoms with van der Waals surface area (Å²) in [6, 6.07) is 11.9. The lowest BCUT2D eigenvalue weighted by molar-refractivity contribution is 0.386. The number of hydrogen-bond acceptors (Lipinski definition) is 6. The van der Waals surface area contributed by atoms with Crippen LogP contribution in [-0.2, 0) is 15.5 Å². The summed E-state index contributed by atoms with van der Waals surface area (Å²) in [5.41, 5.74) is 2.35. The molecule has 1 heterocycles. The number of thiol groups is 1. The molecule has 1 aliphatic rings. The molecule has 3 aromatic rings. The zero-order chi connectivity index (χ0) is 23.6. The average Bonchev–Trinajstić information content (AvgIpc) is 3.29. The third kappa shape index (κ3) is 5.31. The first-order valence-corrected chi connectivity index (χ1v) is 14.1. The molecule has 1 aliphatic carbocycles. The van der Waals surface area contributed by atoms with Crippen molar-refractivity contribution in [2.75, 3.05) is 11.4 Å². The Morgan fingerprint density at radius 2 is 1.79 bits per heavy atom. The van der Waals surface area contributed by atoms with Crippen LogP contribution in [0.25, 0.3) is 10.6 Å². The van der Waals surface area contributed by atoms with Crippen molar-refractivity contribution in [3.8, 4) is 16.3 Å². The smallest absolute Gasteiger partial charge is 0.356 e. The Morgan fingerprint density at radius 1 is 1.09 bits per heavy atom. The van der Waals surface area contributed by atoms with Gasteiger partial charge in [0.2, 0.25) is 10.9 Å². The van der Waals surface area contributed by atoms with Gasteiger partial charge in [-0.15, -0.1) is 11.3 Å². The summed E-state index contributed by atoms with van der Waals surface area (Å²) in [5.74, 6) is 0.800. The number of aromatic nitrogens is 1. The minimum Gasteiger partial charge on any atom is -0.495 e. The first-order chi connectivity index (χ1) is 15.8. The van der Waals surface area contributed by atoms with Crippen molar-refractivity contribution >= 4 is 46.6 Å². The Morgan fingerprint density at radius 3 is 2.39 bits per heavy atom. The predicted molar refractivity (Wildman–Crippen MR) is 131 cm³/mol. The maximum Gasteiger partial charge on any atom is 0.356 e. The molecule has 1 fully saturated rings. The highest BCUT2D eigenvalue weighted by Gasteiger charge is 2.24. The molecule has 0 spiro atoms. The second-order valence-corrected chi connectivity index (χ2v) is 11.3. The molecule has 1 aromatic heterocycles. The SMILES string of the molecule is COc1cc(P(=O)(O)O)ccc1N(c1csc(-c2ccc(C3CCCCC3)cc2)n1)[SH](=O)=O. The van der Waals surface area contributed by atoms with E-state index in [9.17, 15) is 22.8 Å². The van der Waals surface area contributed by atoms with E-state index in [1.807, 2.05) is 12.1 Å². The van der Waals surface area contributed by atoms with Crippen LogP contribution in [0, 0.1) is 0 Å².